The highest BCUT2D eigenvalue weighted by atomic mass is 127. The molecule has 8 nitrogen and oxygen atoms in total. The van der Waals surface area contributed by atoms with Crippen molar-refractivity contribution in [1.29, 1.82) is 0 Å². The van der Waals surface area contributed by atoms with Crippen molar-refractivity contribution in [3.05, 3.63) is 48.3 Å². The summed E-state index contributed by atoms with van der Waals surface area (Å²) in [4.78, 5) is 27.6. The van der Waals surface area contributed by atoms with E-state index in [1.165, 1.54) is 24.3 Å². The fraction of sp³-hybridized carbons (Fsp3) is 0. The maximum Gasteiger partial charge on any atom is 0.269 e. The molecule has 0 saturated heterocycles. The number of nitrogens with two attached hydrogens (primary N) is 1. The Kier molecular flexibility index (Phi) is 3.64. The first kappa shape index (κ1) is 13.3. The number of halogens is 1. The molecule has 9 heteroatoms. The highest BCUT2D eigenvalue weighted by molar-refractivity contribution is 14.1. The lowest BCUT2D eigenvalue weighted by Gasteiger charge is -2.06. The minimum Gasteiger partial charge on any atom is -0.438 e. The molecule has 0 unspecified atom stereocenters. The number of hydrogen-bond acceptors (Lipinski definition) is 6. The smallest absolute Gasteiger partial charge is 0.269 e. The zero-order valence-corrected chi connectivity index (χ0v) is 11.4. The quantitative estimate of drug-likeness (QED) is 0.478. The lowest BCUT2D eigenvalue weighted by molar-refractivity contribution is -0.384. The predicted octanol–water partition coefficient (Wildman–Crippen LogP) is 1.66. The fourth-order valence-corrected chi connectivity index (χ4v) is 1.64. The Morgan fingerprint density at radius 2 is 2.00 bits per heavy atom. The van der Waals surface area contributed by atoms with Crippen LogP contribution in [0.3, 0.4) is 0 Å². The van der Waals surface area contributed by atoms with Gasteiger partial charge in [-0.05, 0) is 34.7 Å². The van der Waals surface area contributed by atoms with Crippen LogP contribution in [-0.4, -0.2) is 14.9 Å². The van der Waals surface area contributed by atoms with Crippen LogP contribution in [0.4, 0.5) is 11.6 Å². The number of non-ortho nitro benzene ring substituents is 1. The SMILES string of the molecule is Nc1nc(Oc2ccc([N+](=O)[O-])cc2)c(I)c(=O)[nH]1. The molecule has 0 fully saturated rings. The number of nitrogen functional groups attached to an aromatic ring is 1. The molecule has 0 saturated carbocycles. The van der Waals surface area contributed by atoms with Gasteiger partial charge in [0, 0.05) is 12.1 Å². The Labute approximate surface area is 119 Å². The zero-order chi connectivity index (χ0) is 14.0. The molecule has 1 aromatic heterocycles. The average Bonchev–Trinajstić information content (AvgIpc) is 2.36. The third-order valence-corrected chi connectivity index (χ3v) is 3.06. The number of anilines is 1. The molecule has 2 rings (SSSR count). The molecule has 1 aromatic carbocycles. The lowest BCUT2D eigenvalue weighted by Crippen LogP contribution is -2.15. The van der Waals surface area contributed by atoms with Crippen molar-refractivity contribution in [2.24, 2.45) is 0 Å². The van der Waals surface area contributed by atoms with Gasteiger partial charge < -0.3 is 10.5 Å². The van der Waals surface area contributed by atoms with Crippen molar-refractivity contribution in [1.82, 2.24) is 9.97 Å². The van der Waals surface area contributed by atoms with Gasteiger partial charge >= 0.3 is 0 Å². The van der Waals surface area contributed by atoms with Gasteiger partial charge in [-0.1, -0.05) is 0 Å². The second kappa shape index (κ2) is 5.22. The number of nitrogens with zero attached hydrogens (tertiary/aromatic N) is 2. The maximum absolute atomic E-state index is 11.4. The van der Waals surface area contributed by atoms with E-state index in [0.717, 1.165) is 0 Å². The summed E-state index contributed by atoms with van der Waals surface area (Å²) in [6.07, 6.45) is 0. The van der Waals surface area contributed by atoms with Crippen molar-refractivity contribution >= 4 is 34.2 Å². The van der Waals surface area contributed by atoms with E-state index in [9.17, 15) is 14.9 Å². The Balaban J connectivity index is 2.31. The van der Waals surface area contributed by atoms with Crippen molar-refractivity contribution in [3.8, 4) is 11.6 Å². The van der Waals surface area contributed by atoms with Crippen molar-refractivity contribution in [3.63, 3.8) is 0 Å². The Hall–Kier alpha value is -2.17. The lowest BCUT2D eigenvalue weighted by atomic mass is 10.3. The van der Waals surface area contributed by atoms with Gasteiger partial charge in [0.1, 0.15) is 9.32 Å². The molecule has 98 valence electrons. The molecule has 0 radical (unpaired) electrons. The van der Waals surface area contributed by atoms with E-state index in [1.807, 2.05) is 0 Å². The second-order valence-electron chi connectivity index (χ2n) is 3.42. The first-order valence-electron chi connectivity index (χ1n) is 4.95. The Morgan fingerprint density at radius 1 is 1.37 bits per heavy atom. The fourth-order valence-electron chi connectivity index (χ4n) is 1.27. The minimum atomic E-state index is -0.517. The van der Waals surface area contributed by atoms with Gasteiger partial charge in [-0.3, -0.25) is 19.9 Å². The van der Waals surface area contributed by atoms with E-state index >= 15 is 0 Å². The third kappa shape index (κ3) is 2.99. The summed E-state index contributed by atoms with van der Waals surface area (Å²) in [6.45, 7) is 0. The van der Waals surface area contributed by atoms with E-state index in [-0.39, 0.29) is 21.1 Å². The summed E-state index contributed by atoms with van der Waals surface area (Å²) in [7, 11) is 0. The largest absolute Gasteiger partial charge is 0.438 e. The van der Waals surface area contributed by atoms with Crippen molar-refractivity contribution in [2.75, 3.05) is 5.73 Å². The van der Waals surface area contributed by atoms with E-state index in [2.05, 4.69) is 9.97 Å². The molecule has 0 bridgehead atoms. The van der Waals surface area contributed by atoms with Gasteiger partial charge in [-0.15, -0.1) is 0 Å². The van der Waals surface area contributed by atoms with Crippen LogP contribution in [0.1, 0.15) is 0 Å². The van der Waals surface area contributed by atoms with Crippen LogP contribution in [0.5, 0.6) is 11.6 Å². The highest BCUT2D eigenvalue weighted by Crippen LogP contribution is 2.24. The topological polar surface area (TPSA) is 124 Å². The van der Waals surface area contributed by atoms with E-state index in [4.69, 9.17) is 10.5 Å². The predicted molar refractivity (Wildman–Crippen MR) is 75.2 cm³/mol. The van der Waals surface area contributed by atoms with Crippen LogP contribution in [0, 0.1) is 13.7 Å². The van der Waals surface area contributed by atoms with Gasteiger partial charge in [-0.25, -0.2) is 0 Å². The van der Waals surface area contributed by atoms with E-state index in [1.54, 1.807) is 22.6 Å². The Morgan fingerprint density at radius 3 is 2.58 bits per heavy atom. The van der Waals surface area contributed by atoms with E-state index < -0.39 is 10.5 Å². The van der Waals surface area contributed by atoms with Crippen molar-refractivity contribution in [2.45, 2.75) is 0 Å². The Bertz CT molecular complexity index is 683. The standard InChI is InChI=1S/C10H7IN4O4/c11-7-8(16)13-10(12)14-9(7)19-6-3-1-5(2-4-6)15(17)18/h1-4H,(H3,12,13,14,16). The van der Waals surface area contributed by atoms with Crippen molar-refractivity contribution < 1.29 is 9.66 Å². The number of aromatic nitrogens is 2. The molecule has 0 aliphatic rings. The van der Waals surface area contributed by atoms with Crippen LogP contribution >= 0.6 is 22.6 Å². The molecule has 0 amide bonds. The minimum absolute atomic E-state index is 0.0516. The summed E-state index contributed by atoms with van der Waals surface area (Å²) in [5.41, 5.74) is 4.94. The molecule has 1 heterocycles. The summed E-state index contributed by atoms with van der Waals surface area (Å²) in [5.74, 6) is 0.305. The summed E-state index contributed by atoms with van der Waals surface area (Å²) >= 11 is 1.77. The second-order valence-corrected chi connectivity index (χ2v) is 4.50. The molecule has 2 aromatic rings. The van der Waals surface area contributed by atoms with Crippen LogP contribution in [0.2, 0.25) is 0 Å². The van der Waals surface area contributed by atoms with Gasteiger partial charge in [-0.2, -0.15) is 4.98 Å². The number of nitrogens with one attached hydrogen (secondary N) is 1. The number of rotatable bonds is 3. The maximum atomic E-state index is 11.4. The number of aromatic amines is 1. The monoisotopic (exact) mass is 374 g/mol. The molecule has 0 spiro atoms. The first-order chi connectivity index (χ1) is 8.97. The van der Waals surface area contributed by atoms with Gasteiger partial charge in [0.05, 0.1) is 4.92 Å². The third-order valence-electron chi connectivity index (χ3n) is 2.11. The number of nitro groups is 1. The first-order valence-corrected chi connectivity index (χ1v) is 6.03. The zero-order valence-electron chi connectivity index (χ0n) is 9.29. The number of ether oxygens (including phenoxy) is 1. The number of benzene rings is 1. The van der Waals surface area contributed by atoms with Gasteiger partial charge in [0.15, 0.2) is 0 Å². The van der Waals surface area contributed by atoms with Crippen LogP contribution in [0.25, 0.3) is 0 Å². The molecule has 3 N–H and O–H groups in total. The van der Waals surface area contributed by atoms with Gasteiger partial charge in [0.2, 0.25) is 11.8 Å². The molecular formula is C10H7IN4O4. The highest BCUT2D eigenvalue weighted by Gasteiger charge is 2.11. The molecule has 0 atom stereocenters. The summed E-state index contributed by atoms with van der Waals surface area (Å²) in [6, 6.07) is 5.40. The molecule has 0 aliphatic carbocycles. The molecular weight excluding hydrogens is 367 g/mol. The number of hydrogen-bond donors (Lipinski definition) is 2. The average molecular weight is 374 g/mol. The van der Waals surface area contributed by atoms with E-state index in [0.29, 0.717) is 5.75 Å². The molecule has 0 aliphatic heterocycles. The number of nitro benzene ring substituents is 1. The van der Waals surface area contributed by atoms with Gasteiger partial charge in [0.25, 0.3) is 11.2 Å². The normalized spacial score (nSPS) is 10.2. The molecule has 19 heavy (non-hydrogen) atoms. The summed E-state index contributed by atoms with van der Waals surface area (Å²) < 4.78 is 5.61. The van der Waals surface area contributed by atoms with Crippen LogP contribution in [-0.2, 0) is 0 Å². The number of H-pyrrole nitrogens is 1. The summed E-state index contributed by atoms with van der Waals surface area (Å²) in [5, 5.41) is 10.5. The van der Waals surface area contributed by atoms with Crippen LogP contribution in [0.15, 0.2) is 29.1 Å². The van der Waals surface area contributed by atoms with Crippen LogP contribution < -0.4 is 16.0 Å².